The zero-order chi connectivity index (χ0) is 20.5. The molecular formula is C22H28N6O. The van der Waals surface area contributed by atoms with Gasteiger partial charge in [0.05, 0.1) is 5.56 Å². The van der Waals surface area contributed by atoms with Crippen LogP contribution in [0.1, 0.15) is 36.5 Å². The number of amides is 1. The van der Waals surface area contributed by atoms with E-state index in [9.17, 15) is 4.79 Å². The second-order valence-electron chi connectivity index (χ2n) is 7.06. The third-order valence-corrected chi connectivity index (χ3v) is 4.75. The van der Waals surface area contributed by atoms with E-state index in [0.717, 1.165) is 24.5 Å². The van der Waals surface area contributed by atoms with Gasteiger partial charge in [-0.15, -0.1) is 0 Å². The van der Waals surface area contributed by atoms with E-state index < -0.39 is 0 Å². The average molecular weight is 393 g/mol. The van der Waals surface area contributed by atoms with Crippen LogP contribution >= 0.6 is 0 Å². The Balaban J connectivity index is 1.69. The van der Waals surface area contributed by atoms with Crippen molar-refractivity contribution in [2.45, 2.75) is 26.2 Å². The minimum atomic E-state index is -0.236. The Kier molecular flexibility index (Phi) is 7.33. The predicted octanol–water partition coefficient (Wildman–Crippen LogP) is 3.78. The number of anilines is 3. The van der Waals surface area contributed by atoms with Crippen LogP contribution in [0.15, 0.2) is 53.2 Å². The summed E-state index contributed by atoms with van der Waals surface area (Å²) >= 11 is 0. The van der Waals surface area contributed by atoms with Gasteiger partial charge in [-0.05, 0) is 56.5 Å². The molecule has 0 aromatic carbocycles. The molecule has 29 heavy (non-hydrogen) atoms. The highest BCUT2D eigenvalue weighted by molar-refractivity contribution is 6.07. The fraction of sp³-hybridized carbons (Fsp3) is 0.364. The summed E-state index contributed by atoms with van der Waals surface area (Å²) in [4.78, 5) is 28.0. The van der Waals surface area contributed by atoms with Gasteiger partial charge < -0.3 is 15.5 Å². The van der Waals surface area contributed by atoms with Gasteiger partial charge in [0.2, 0.25) is 0 Å². The summed E-state index contributed by atoms with van der Waals surface area (Å²) in [6.45, 7) is 4.59. The van der Waals surface area contributed by atoms with Crippen LogP contribution in [-0.4, -0.2) is 48.8 Å². The quantitative estimate of drug-likeness (QED) is 0.701. The molecular weight excluding hydrogens is 364 g/mol. The lowest BCUT2D eigenvalue weighted by Crippen LogP contribution is -2.30. The summed E-state index contributed by atoms with van der Waals surface area (Å²) in [5.41, 5.74) is 1.57. The monoisotopic (exact) mass is 392 g/mol. The van der Waals surface area contributed by atoms with Gasteiger partial charge in [-0.2, -0.15) is 0 Å². The molecule has 0 spiro atoms. The first-order chi connectivity index (χ1) is 14.2. The highest BCUT2D eigenvalue weighted by Crippen LogP contribution is 2.20. The number of nitrogens with zero attached hydrogens (tertiary/aromatic N) is 4. The smallest absolute Gasteiger partial charge is 0.260 e. The van der Waals surface area contributed by atoms with Crippen molar-refractivity contribution >= 4 is 29.6 Å². The summed E-state index contributed by atoms with van der Waals surface area (Å²) in [6, 6.07) is 9.24. The maximum atomic E-state index is 12.9. The van der Waals surface area contributed by atoms with Gasteiger partial charge in [0, 0.05) is 39.1 Å². The lowest BCUT2D eigenvalue weighted by molar-refractivity contribution is 0.102. The molecule has 1 saturated heterocycles. The van der Waals surface area contributed by atoms with Crippen LogP contribution in [0.25, 0.3) is 0 Å². The lowest BCUT2D eigenvalue weighted by Gasteiger charge is -2.27. The minimum Gasteiger partial charge on any atom is -0.366 e. The van der Waals surface area contributed by atoms with E-state index in [1.165, 1.54) is 19.3 Å². The van der Waals surface area contributed by atoms with E-state index >= 15 is 0 Å². The Morgan fingerprint density at radius 1 is 1.21 bits per heavy atom. The molecule has 0 aliphatic carbocycles. The van der Waals surface area contributed by atoms with Crippen molar-refractivity contribution in [2.24, 2.45) is 4.99 Å². The Hall–Kier alpha value is -3.22. The Labute approximate surface area is 172 Å². The van der Waals surface area contributed by atoms with Crippen molar-refractivity contribution < 1.29 is 4.79 Å². The molecule has 2 aromatic rings. The number of carbonyl (C=O) groups is 1. The van der Waals surface area contributed by atoms with Gasteiger partial charge in [0.15, 0.2) is 0 Å². The molecule has 1 fully saturated rings. The maximum absolute atomic E-state index is 12.9. The van der Waals surface area contributed by atoms with E-state index in [-0.39, 0.29) is 5.91 Å². The molecule has 0 radical (unpaired) electrons. The fourth-order valence-electron chi connectivity index (χ4n) is 3.19. The van der Waals surface area contributed by atoms with Gasteiger partial charge >= 0.3 is 0 Å². The molecule has 0 saturated carbocycles. The van der Waals surface area contributed by atoms with Gasteiger partial charge in [-0.1, -0.05) is 11.6 Å². The standard InChI is InChI=1S/C22H28N6O/c1-17(11-13-23-2)16-25-21-18(8-7-12-24-21)22(29)27-19-9-6-10-20(26-19)28-14-4-3-5-15-28/h6-13H,3-5,14-16H2,1-2H3,(H,24,25)(H,26,27,29)/b17-11+,23-13?. The Morgan fingerprint density at radius 3 is 2.83 bits per heavy atom. The highest BCUT2D eigenvalue weighted by Gasteiger charge is 2.15. The minimum absolute atomic E-state index is 0.236. The third-order valence-electron chi connectivity index (χ3n) is 4.75. The van der Waals surface area contributed by atoms with Crippen molar-refractivity contribution in [2.75, 3.05) is 42.2 Å². The van der Waals surface area contributed by atoms with Crippen LogP contribution in [0.5, 0.6) is 0 Å². The Bertz CT molecular complexity index is 886. The number of rotatable bonds is 7. The molecule has 7 heteroatoms. The topological polar surface area (TPSA) is 82.5 Å². The molecule has 1 amide bonds. The van der Waals surface area contributed by atoms with Crippen LogP contribution in [0.4, 0.5) is 17.5 Å². The molecule has 0 atom stereocenters. The van der Waals surface area contributed by atoms with Gasteiger partial charge in [0.1, 0.15) is 17.5 Å². The second-order valence-corrected chi connectivity index (χ2v) is 7.06. The van der Waals surface area contributed by atoms with E-state index in [1.807, 2.05) is 31.2 Å². The molecule has 152 valence electrons. The number of piperidine rings is 1. The van der Waals surface area contributed by atoms with Crippen molar-refractivity contribution in [3.05, 3.63) is 53.7 Å². The van der Waals surface area contributed by atoms with Gasteiger partial charge in [0.25, 0.3) is 5.91 Å². The van der Waals surface area contributed by atoms with Gasteiger partial charge in [-0.25, -0.2) is 9.97 Å². The normalized spacial score (nSPS) is 14.8. The summed E-state index contributed by atoms with van der Waals surface area (Å²) in [7, 11) is 1.73. The van der Waals surface area contributed by atoms with E-state index in [2.05, 4.69) is 30.5 Å². The number of aromatic nitrogens is 2. The summed E-state index contributed by atoms with van der Waals surface area (Å²) in [6.07, 6.45) is 8.96. The Morgan fingerprint density at radius 2 is 2.03 bits per heavy atom. The number of pyridine rings is 2. The highest BCUT2D eigenvalue weighted by atomic mass is 16.1. The number of carbonyl (C=O) groups excluding carboxylic acids is 1. The molecule has 0 unspecified atom stereocenters. The van der Waals surface area contributed by atoms with Crippen LogP contribution in [0.2, 0.25) is 0 Å². The molecule has 3 rings (SSSR count). The van der Waals surface area contributed by atoms with Crippen molar-refractivity contribution in [1.29, 1.82) is 0 Å². The first-order valence-corrected chi connectivity index (χ1v) is 9.97. The molecule has 3 heterocycles. The van der Waals surface area contributed by atoms with Crippen molar-refractivity contribution in [3.8, 4) is 0 Å². The molecule has 1 aliphatic heterocycles. The van der Waals surface area contributed by atoms with Crippen LogP contribution in [0, 0.1) is 0 Å². The molecule has 2 aromatic heterocycles. The van der Waals surface area contributed by atoms with E-state index in [4.69, 9.17) is 0 Å². The maximum Gasteiger partial charge on any atom is 0.260 e. The molecule has 1 aliphatic rings. The summed E-state index contributed by atoms with van der Waals surface area (Å²) < 4.78 is 0. The zero-order valence-corrected chi connectivity index (χ0v) is 17.1. The second kappa shape index (κ2) is 10.4. The first-order valence-electron chi connectivity index (χ1n) is 9.97. The largest absolute Gasteiger partial charge is 0.366 e. The summed E-state index contributed by atoms with van der Waals surface area (Å²) in [5, 5.41) is 6.13. The molecule has 7 nitrogen and oxygen atoms in total. The van der Waals surface area contributed by atoms with E-state index in [1.54, 1.807) is 31.6 Å². The third kappa shape index (κ3) is 5.88. The fourth-order valence-corrected chi connectivity index (χ4v) is 3.19. The summed E-state index contributed by atoms with van der Waals surface area (Å²) in [5.74, 6) is 1.76. The number of allylic oxidation sites excluding steroid dienone is 1. The van der Waals surface area contributed by atoms with E-state index in [0.29, 0.717) is 23.7 Å². The number of aliphatic imine (C=N–C) groups is 1. The average Bonchev–Trinajstić information content (AvgIpc) is 2.77. The SMILES string of the molecule is CN=C/C=C(\C)CNc1ncccc1C(=O)Nc1cccc(N2CCCCC2)n1. The zero-order valence-electron chi connectivity index (χ0n) is 17.1. The van der Waals surface area contributed by atoms with Crippen LogP contribution in [-0.2, 0) is 0 Å². The number of hydrogen-bond acceptors (Lipinski definition) is 6. The predicted molar refractivity (Wildman–Crippen MR) is 119 cm³/mol. The van der Waals surface area contributed by atoms with Crippen molar-refractivity contribution in [3.63, 3.8) is 0 Å². The first kappa shape index (κ1) is 20.5. The molecule has 0 bridgehead atoms. The number of hydrogen-bond donors (Lipinski definition) is 2. The lowest BCUT2D eigenvalue weighted by atomic mass is 10.1. The molecule has 2 N–H and O–H groups in total. The van der Waals surface area contributed by atoms with Gasteiger partial charge in [-0.3, -0.25) is 9.79 Å². The van der Waals surface area contributed by atoms with Crippen LogP contribution in [0.3, 0.4) is 0 Å². The van der Waals surface area contributed by atoms with Crippen LogP contribution < -0.4 is 15.5 Å². The number of nitrogens with one attached hydrogen (secondary N) is 2. The van der Waals surface area contributed by atoms with Crippen molar-refractivity contribution in [1.82, 2.24) is 9.97 Å².